The van der Waals surface area contributed by atoms with Crippen molar-refractivity contribution < 1.29 is 14.2 Å². The van der Waals surface area contributed by atoms with Crippen LogP contribution in [0.1, 0.15) is 18.6 Å². The number of hydrogen-bond donors (Lipinski definition) is 0. The molecule has 1 aromatic carbocycles. The predicted molar refractivity (Wildman–Crippen MR) is 75.4 cm³/mol. The fourth-order valence-electron chi connectivity index (χ4n) is 1.69. The standard InChI is InChI=1S/C12H16Br2O3/c1-7(13)11(16-3)8-5-9(14)12(17-4)10(6-8)15-2/h5-7,11H,1-4H3. The van der Waals surface area contributed by atoms with Crippen LogP contribution >= 0.6 is 31.9 Å². The average Bonchev–Trinajstić information content (AvgIpc) is 2.28. The lowest BCUT2D eigenvalue weighted by molar-refractivity contribution is 0.106. The highest BCUT2D eigenvalue weighted by molar-refractivity contribution is 9.10. The highest BCUT2D eigenvalue weighted by atomic mass is 79.9. The lowest BCUT2D eigenvalue weighted by Gasteiger charge is -2.20. The summed E-state index contributed by atoms with van der Waals surface area (Å²) >= 11 is 7.00. The Kier molecular flexibility index (Phi) is 5.76. The molecule has 17 heavy (non-hydrogen) atoms. The second-order valence-electron chi connectivity index (χ2n) is 3.57. The van der Waals surface area contributed by atoms with Gasteiger partial charge >= 0.3 is 0 Å². The summed E-state index contributed by atoms with van der Waals surface area (Å²) in [5.41, 5.74) is 1.03. The molecule has 0 saturated carbocycles. The Hall–Kier alpha value is -0.260. The van der Waals surface area contributed by atoms with Crippen LogP contribution in [0.5, 0.6) is 11.5 Å². The van der Waals surface area contributed by atoms with E-state index in [1.165, 1.54) is 0 Å². The number of methoxy groups -OCH3 is 3. The lowest BCUT2D eigenvalue weighted by atomic mass is 10.1. The van der Waals surface area contributed by atoms with Gasteiger partial charge in [0.05, 0.1) is 24.8 Å². The molecule has 0 radical (unpaired) electrons. The van der Waals surface area contributed by atoms with Crippen LogP contribution in [0, 0.1) is 0 Å². The highest BCUT2D eigenvalue weighted by Crippen LogP contribution is 2.39. The molecule has 0 aromatic heterocycles. The molecule has 0 N–H and O–H groups in total. The first kappa shape index (κ1) is 14.8. The average molecular weight is 368 g/mol. The minimum atomic E-state index is -0.0360. The summed E-state index contributed by atoms with van der Waals surface area (Å²) in [5.74, 6) is 1.38. The molecule has 0 aliphatic rings. The van der Waals surface area contributed by atoms with E-state index in [0.29, 0.717) is 11.5 Å². The number of alkyl halides is 1. The van der Waals surface area contributed by atoms with Crippen LogP contribution < -0.4 is 9.47 Å². The van der Waals surface area contributed by atoms with Gasteiger partial charge < -0.3 is 14.2 Å². The van der Waals surface area contributed by atoms with Crippen molar-refractivity contribution in [2.75, 3.05) is 21.3 Å². The number of benzene rings is 1. The molecular formula is C12H16Br2O3. The van der Waals surface area contributed by atoms with Crippen LogP contribution in [0.4, 0.5) is 0 Å². The van der Waals surface area contributed by atoms with Crippen molar-refractivity contribution in [3.8, 4) is 11.5 Å². The molecule has 2 unspecified atom stereocenters. The maximum atomic E-state index is 5.46. The predicted octanol–water partition coefficient (Wildman–Crippen LogP) is 3.94. The molecule has 0 saturated heterocycles. The third-order valence-electron chi connectivity index (χ3n) is 2.46. The topological polar surface area (TPSA) is 27.7 Å². The maximum absolute atomic E-state index is 5.46. The Morgan fingerprint density at radius 3 is 2.18 bits per heavy atom. The first-order valence-electron chi connectivity index (χ1n) is 5.13. The Bertz CT molecular complexity index is 380. The lowest BCUT2D eigenvalue weighted by Crippen LogP contribution is -2.11. The minimum Gasteiger partial charge on any atom is -0.493 e. The van der Waals surface area contributed by atoms with Crippen molar-refractivity contribution in [1.29, 1.82) is 0 Å². The van der Waals surface area contributed by atoms with Crippen LogP contribution in [0.15, 0.2) is 16.6 Å². The summed E-state index contributed by atoms with van der Waals surface area (Å²) in [6, 6.07) is 3.91. The van der Waals surface area contributed by atoms with Gasteiger partial charge in [0.15, 0.2) is 11.5 Å². The molecule has 0 bridgehead atoms. The van der Waals surface area contributed by atoms with Gasteiger partial charge in [0.1, 0.15) is 0 Å². The van der Waals surface area contributed by atoms with E-state index in [1.807, 2.05) is 19.1 Å². The van der Waals surface area contributed by atoms with E-state index in [-0.39, 0.29) is 10.9 Å². The van der Waals surface area contributed by atoms with E-state index < -0.39 is 0 Å². The Balaban J connectivity index is 3.23. The molecule has 5 heteroatoms. The zero-order valence-corrected chi connectivity index (χ0v) is 13.5. The van der Waals surface area contributed by atoms with Gasteiger partial charge in [-0.1, -0.05) is 15.9 Å². The number of ether oxygens (including phenoxy) is 3. The summed E-state index contributed by atoms with van der Waals surface area (Å²) < 4.78 is 16.9. The van der Waals surface area contributed by atoms with Gasteiger partial charge in [-0.3, -0.25) is 0 Å². The van der Waals surface area contributed by atoms with Crippen molar-refractivity contribution >= 4 is 31.9 Å². The summed E-state index contributed by atoms with van der Waals surface area (Å²) in [6.07, 6.45) is -0.0360. The van der Waals surface area contributed by atoms with E-state index in [0.717, 1.165) is 10.0 Å². The second-order valence-corrected chi connectivity index (χ2v) is 5.87. The van der Waals surface area contributed by atoms with Crippen LogP contribution in [-0.4, -0.2) is 26.2 Å². The Labute approximate surface area is 119 Å². The third kappa shape index (κ3) is 3.36. The van der Waals surface area contributed by atoms with Crippen molar-refractivity contribution in [1.82, 2.24) is 0 Å². The van der Waals surface area contributed by atoms with Gasteiger partial charge in [-0.25, -0.2) is 0 Å². The smallest absolute Gasteiger partial charge is 0.174 e. The SMILES string of the molecule is COc1cc(C(OC)C(C)Br)cc(Br)c1OC. The first-order chi connectivity index (χ1) is 8.04. The van der Waals surface area contributed by atoms with E-state index in [4.69, 9.17) is 14.2 Å². The highest BCUT2D eigenvalue weighted by Gasteiger charge is 2.20. The molecule has 0 heterocycles. The molecule has 1 aromatic rings. The summed E-state index contributed by atoms with van der Waals surface area (Å²) in [6.45, 7) is 2.04. The van der Waals surface area contributed by atoms with Crippen LogP contribution in [0.3, 0.4) is 0 Å². The van der Waals surface area contributed by atoms with Gasteiger partial charge in [-0.2, -0.15) is 0 Å². The minimum absolute atomic E-state index is 0.0360. The van der Waals surface area contributed by atoms with Gasteiger partial charge in [0, 0.05) is 11.9 Å². The van der Waals surface area contributed by atoms with E-state index in [1.54, 1.807) is 21.3 Å². The molecule has 0 amide bonds. The largest absolute Gasteiger partial charge is 0.493 e. The summed E-state index contributed by atoms with van der Waals surface area (Å²) in [5, 5.41) is 0. The monoisotopic (exact) mass is 366 g/mol. The zero-order chi connectivity index (χ0) is 13.0. The normalized spacial score (nSPS) is 14.2. The molecule has 96 valence electrons. The quantitative estimate of drug-likeness (QED) is 0.738. The maximum Gasteiger partial charge on any atom is 0.174 e. The molecule has 1 rings (SSSR count). The van der Waals surface area contributed by atoms with Crippen molar-refractivity contribution in [3.63, 3.8) is 0 Å². The molecule has 3 nitrogen and oxygen atoms in total. The molecule has 0 fully saturated rings. The van der Waals surface area contributed by atoms with E-state index in [2.05, 4.69) is 31.9 Å². The van der Waals surface area contributed by atoms with Crippen LogP contribution in [0.2, 0.25) is 0 Å². The van der Waals surface area contributed by atoms with Gasteiger partial charge in [-0.15, -0.1) is 0 Å². The van der Waals surface area contributed by atoms with Crippen molar-refractivity contribution in [2.24, 2.45) is 0 Å². The molecule has 0 spiro atoms. The van der Waals surface area contributed by atoms with Gasteiger partial charge in [0.2, 0.25) is 0 Å². The Morgan fingerprint density at radius 2 is 1.76 bits per heavy atom. The van der Waals surface area contributed by atoms with Crippen LogP contribution in [0.25, 0.3) is 0 Å². The number of rotatable bonds is 5. The summed E-state index contributed by atoms with van der Waals surface area (Å²) in [7, 11) is 4.92. The number of halogens is 2. The fraction of sp³-hybridized carbons (Fsp3) is 0.500. The van der Waals surface area contributed by atoms with Crippen molar-refractivity contribution in [3.05, 3.63) is 22.2 Å². The Morgan fingerprint density at radius 1 is 1.12 bits per heavy atom. The number of hydrogen-bond acceptors (Lipinski definition) is 3. The van der Waals surface area contributed by atoms with Crippen LogP contribution in [-0.2, 0) is 4.74 Å². The van der Waals surface area contributed by atoms with E-state index >= 15 is 0 Å². The van der Waals surface area contributed by atoms with Gasteiger partial charge in [0.25, 0.3) is 0 Å². The molecule has 0 aliphatic heterocycles. The molecular weight excluding hydrogens is 352 g/mol. The first-order valence-corrected chi connectivity index (χ1v) is 6.84. The van der Waals surface area contributed by atoms with Crippen molar-refractivity contribution in [2.45, 2.75) is 17.9 Å². The van der Waals surface area contributed by atoms with E-state index in [9.17, 15) is 0 Å². The van der Waals surface area contributed by atoms with Gasteiger partial charge in [-0.05, 0) is 40.5 Å². The second kappa shape index (κ2) is 6.61. The summed E-state index contributed by atoms with van der Waals surface area (Å²) in [4.78, 5) is 0.206. The molecule has 0 aliphatic carbocycles. The third-order valence-corrected chi connectivity index (χ3v) is 3.52. The zero-order valence-electron chi connectivity index (χ0n) is 10.3. The fourth-order valence-corrected chi connectivity index (χ4v) is 2.83. The molecule has 2 atom stereocenters.